The number of hydrogen-bond acceptors (Lipinski definition) is 3. The van der Waals surface area contributed by atoms with E-state index in [-0.39, 0.29) is 5.91 Å². The first kappa shape index (κ1) is 21.8. The Kier molecular flexibility index (Phi) is 5.73. The van der Waals surface area contributed by atoms with Gasteiger partial charge in [-0.1, -0.05) is 54.6 Å². The minimum atomic E-state index is 0.111. The molecule has 2 heterocycles. The highest BCUT2D eigenvalue weighted by Crippen LogP contribution is 2.36. The van der Waals surface area contributed by atoms with E-state index in [4.69, 9.17) is 4.98 Å². The van der Waals surface area contributed by atoms with Crippen LogP contribution in [0.1, 0.15) is 46.4 Å². The molecule has 1 aliphatic heterocycles. The van der Waals surface area contributed by atoms with Crippen molar-refractivity contribution in [2.45, 2.75) is 45.1 Å². The third-order valence-corrected chi connectivity index (χ3v) is 7.51. The summed E-state index contributed by atoms with van der Waals surface area (Å²) in [5.74, 6) is 0.111. The summed E-state index contributed by atoms with van der Waals surface area (Å²) >= 11 is 0. The first-order valence-corrected chi connectivity index (χ1v) is 12.8. The number of piperidine rings is 1. The Labute approximate surface area is 207 Å². The number of hydrogen-bond donors (Lipinski definition) is 1. The summed E-state index contributed by atoms with van der Waals surface area (Å²) in [6.45, 7) is 3.63. The highest BCUT2D eigenvalue weighted by Gasteiger charge is 2.26. The predicted octanol–water partition coefficient (Wildman–Crippen LogP) is 6.42. The predicted molar refractivity (Wildman–Crippen MR) is 143 cm³/mol. The van der Waals surface area contributed by atoms with Crippen molar-refractivity contribution in [1.82, 2.24) is 9.88 Å². The van der Waals surface area contributed by atoms with E-state index < -0.39 is 0 Å². The fraction of sp³-hybridized carbons (Fsp3) is 0.290. The Morgan fingerprint density at radius 2 is 1.57 bits per heavy atom. The molecule has 0 saturated carbocycles. The van der Waals surface area contributed by atoms with Crippen LogP contribution < -0.4 is 5.32 Å². The summed E-state index contributed by atoms with van der Waals surface area (Å²) in [6.07, 6.45) is 5.41. The van der Waals surface area contributed by atoms with E-state index >= 15 is 0 Å². The summed E-state index contributed by atoms with van der Waals surface area (Å²) in [7, 11) is 0. The maximum atomic E-state index is 13.8. The van der Waals surface area contributed by atoms with Gasteiger partial charge in [-0.05, 0) is 73.9 Å². The van der Waals surface area contributed by atoms with Gasteiger partial charge >= 0.3 is 0 Å². The molecular weight excluding hydrogens is 430 g/mol. The molecular formula is C31H31N3O. The van der Waals surface area contributed by atoms with Crippen LogP contribution in [0, 0.1) is 6.92 Å². The van der Waals surface area contributed by atoms with Crippen LogP contribution in [0.4, 0.5) is 5.69 Å². The molecule has 2 aliphatic rings. The molecule has 4 heteroatoms. The maximum absolute atomic E-state index is 13.8. The fourth-order valence-corrected chi connectivity index (χ4v) is 5.79. The number of carbonyl (C=O) groups is 1. The Morgan fingerprint density at radius 3 is 2.29 bits per heavy atom. The van der Waals surface area contributed by atoms with Gasteiger partial charge in [0.2, 0.25) is 0 Å². The van der Waals surface area contributed by atoms with Gasteiger partial charge in [0.25, 0.3) is 5.91 Å². The van der Waals surface area contributed by atoms with Crippen molar-refractivity contribution in [3.8, 4) is 11.1 Å². The molecule has 1 aliphatic carbocycles. The van der Waals surface area contributed by atoms with Crippen molar-refractivity contribution >= 4 is 22.5 Å². The lowest BCUT2D eigenvalue weighted by molar-refractivity contribution is 0.0724. The van der Waals surface area contributed by atoms with Gasteiger partial charge in [0, 0.05) is 35.8 Å². The third kappa shape index (κ3) is 4.18. The zero-order valence-corrected chi connectivity index (χ0v) is 20.3. The molecule has 176 valence electrons. The van der Waals surface area contributed by atoms with Crippen LogP contribution in [0.3, 0.4) is 0 Å². The van der Waals surface area contributed by atoms with E-state index in [0.717, 1.165) is 77.7 Å². The quantitative estimate of drug-likeness (QED) is 0.382. The lowest BCUT2D eigenvalue weighted by Crippen LogP contribution is -2.36. The summed E-state index contributed by atoms with van der Waals surface area (Å²) in [6, 6.07) is 25.8. The van der Waals surface area contributed by atoms with Gasteiger partial charge in [0.15, 0.2) is 0 Å². The lowest BCUT2D eigenvalue weighted by atomic mass is 9.92. The van der Waals surface area contributed by atoms with Gasteiger partial charge in [-0.3, -0.25) is 9.78 Å². The topological polar surface area (TPSA) is 45.2 Å². The van der Waals surface area contributed by atoms with Crippen LogP contribution in [-0.4, -0.2) is 34.9 Å². The van der Waals surface area contributed by atoms with Gasteiger partial charge in [0.1, 0.15) is 0 Å². The molecule has 6 rings (SSSR count). The number of amides is 1. The number of aromatic nitrogens is 1. The molecule has 4 nitrogen and oxygen atoms in total. The largest absolute Gasteiger partial charge is 0.382 e. The van der Waals surface area contributed by atoms with Crippen LogP contribution in [0.5, 0.6) is 0 Å². The Balaban J connectivity index is 1.44. The van der Waals surface area contributed by atoms with Gasteiger partial charge in [0.05, 0.1) is 16.8 Å². The number of likely N-dealkylation sites (tertiary alicyclic amines) is 1. The number of nitrogens with zero attached hydrogens (tertiary/aromatic N) is 2. The zero-order chi connectivity index (χ0) is 23.8. The van der Waals surface area contributed by atoms with Crippen molar-refractivity contribution in [3.63, 3.8) is 0 Å². The third-order valence-electron chi connectivity index (χ3n) is 7.51. The first-order chi connectivity index (χ1) is 17.2. The Bertz CT molecular complexity index is 1360. The van der Waals surface area contributed by atoms with Crippen molar-refractivity contribution in [2.24, 2.45) is 0 Å². The lowest BCUT2D eigenvalue weighted by Gasteiger charge is -2.28. The number of rotatable bonds is 4. The van der Waals surface area contributed by atoms with Crippen LogP contribution in [0.25, 0.3) is 22.0 Å². The molecule has 4 aromatic rings. The second kappa shape index (κ2) is 9.18. The molecule has 1 aromatic heterocycles. The minimum absolute atomic E-state index is 0.111. The van der Waals surface area contributed by atoms with Gasteiger partial charge < -0.3 is 10.2 Å². The number of aryl methyl sites for hydroxylation is 1. The highest BCUT2D eigenvalue weighted by molar-refractivity contribution is 6.10. The second-order valence-electron chi connectivity index (χ2n) is 9.92. The summed E-state index contributed by atoms with van der Waals surface area (Å²) in [4.78, 5) is 20.7. The first-order valence-electron chi connectivity index (χ1n) is 12.8. The normalized spacial score (nSPS) is 15.9. The molecule has 1 N–H and O–H groups in total. The van der Waals surface area contributed by atoms with Gasteiger partial charge in [-0.15, -0.1) is 0 Å². The van der Waals surface area contributed by atoms with E-state index in [1.54, 1.807) is 0 Å². The zero-order valence-electron chi connectivity index (χ0n) is 20.3. The summed E-state index contributed by atoms with van der Waals surface area (Å²) in [5.41, 5.74) is 8.49. The number of pyridine rings is 1. The van der Waals surface area contributed by atoms with Gasteiger partial charge in [-0.25, -0.2) is 0 Å². The summed E-state index contributed by atoms with van der Waals surface area (Å²) in [5, 5.41) is 4.79. The van der Waals surface area contributed by atoms with Gasteiger partial charge in [-0.2, -0.15) is 0 Å². The standard InChI is InChI=1S/C31H31N3O/c1-21-29(31(35)34-16-8-3-9-17-34)30(22-10-4-2-5-11-22)27-20-25(14-15-28(27)32-21)33-26-18-23-12-6-7-13-24(23)19-26/h2,4-7,10-15,20,26,33H,3,8-9,16-19H2,1H3. The Morgan fingerprint density at radius 1 is 0.886 bits per heavy atom. The molecule has 1 fully saturated rings. The molecule has 0 bridgehead atoms. The summed E-state index contributed by atoms with van der Waals surface area (Å²) < 4.78 is 0. The molecule has 1 amide bonds. The SMILES string of the molecule is Cc1nc2ccc(NC3Cc4ccccc4C3)cc2c(-c2ccccc2)c1C(=O)N1CCCCC1. The molecule has 0 spiro atoms. The molecule has 0 atom stereocenters. The number of benzene rings is 3. The molecule has 0 radical (unpaired) electrons. The van der Waals surface area contributed by atoms with Crippen molar-refractivity contribution in [1.29, 1.82) is 0 Å². The van der Waals surface area contributed by atoms with E-state index in [0.29, 0.717) is 6.04 Å². The van der Waals surface area contributed by atoms with Crippen LogP contribution in [-0.2, 0) is 12.8 Å². The highest BCUT2D eigenvalue weighted by atomic mass is 16.2. The smallest absolute Gasteiger partial charge is 0.256 e. The average molecular weight is 462 g/mol. The second-order valence-corrected chi connectivity index (χ2v) is 9.92. The monoisotopic (exact) mass is 461 g/mol. The molecule has 1 saturated heterocycles. The van der Waals surface area contributed by atoms with Crippen molar-refractivity contribution in [2.75, 3.05) is 18.4 Å². The van der Waals surface area contributed by atoms with E-state index in [9.17, 15) is 4.79 Å². The van der Waals surface area contributed by atoms with E-state index in [1.165, 1.54) is 17.5 Å². The fourth-order valence-electron chi connectivity index (χ4n) is 5.79. The van der Waals surface area contributed by atoms with Crippen LogP contribution in [0.15, 0.2) is 72.8 Å². The van der Waals surface area contributed by atoms with Crippen LogP contribution >= 0.6 is 0 Å². The average Bonchev–Trinajstić information content (AvgIpc) is 3.31. The number of fused-ring (bicyclic) bond motifs is 2. The molecule has 0 unspecified atom stereocenters. The maximum Gasteiger partial charge on any atom is 0.256 e. The number of carbonyl (C=O) groups excluding carboxylic acids is 1. The molecule has 3 aromatic carbocycles. The number of anilines is 1. The minimum Gasteiger partial charge on any atom is -0.382 e. The molecule has 35 heavy (non-hydrogen) atoms. The van der Waals surface area contributed by atoms with E-state index in [2.05, 4.69) is 59.9 Å². The van der Waals surface area contributed by atoms with Crippen molar-refractivity contribution < 1.29 is 4.79 Å². The number of nitrogens with one attached hydrogen (secondary N) is 1. The van der Waals surface area contributed by atoms with E-state index in [1.807, 2.05) is 30.0 Å². The Hall–Kier alpha value is -3.66. The van der Waals surface area contributed by atoms with Crippen molar-refractivity contribution in [3.05, 3.63) is 95.2 Å². The van der Waals surface area contributed by atoms with Crippen LogP contribution in [0.2, 0.25) is 0 Å².